The Morgan fingerprint density at radius 3 is 2.71 bits per heavy atom. The number of hydrogen-bond acceptors (Lipinski definition) is 5. The van der Waals surface area contributed by atoms with Crippen LogP contribution in [0.25, 0.3) is 0 Å². The first-order valence-electron chi connectivity index (χ1n) is 7.82. The Kier molecular flexibility index (Phi) is 6.48. The maximum atomic E-state index is 11.9. The van der Waals surface area contributed by atoms with Crippen LogP contribution in [0.1, 0.15) is 18.2 Å². The summed E-state index contributed by atoms with van der Waals surface area (Å²) in [5.74, 6) is 0. The molecular formula is C15H26N3O4PSe. The second kappa shape index (κ2) is 7.83. The first kappa shape index (κ1) is 19.9. The first-order chi connectivity index (χ1) is 11.1. The van der Waals surface area contributed by atoms with Gasteiger partial charge in [0.15, 0.2) is 0 Å². The minimum atomic E-state index is -1.23. The SMILES string of the molecule is C=P(C)(C)CC[C@H]1O[C@@H](n2cc(CNC)c(=O)[nH]c2=[Se])[C@H](O)[C@@H]1O. The van der Waals surface area contributed by atoms with E-state index in [0.717, 1.165) is 6.16 Å². The molecule has 136 valence electrons. The van der Waals surface area contributed by atoms with Crippen LogP contribution in [0, 0.1) is 4.32 Å². The third kappa shape index (κ3) is 4.58. The number of aliphatic hydroxyl groups excluding tert-OH is 2. The van der Waals surface area contributed by atoms with E-state index in [2.05, 4.69) is 45.5 Å². The summed E-state index contributed by atoms with van der Waals surface area (Å²) in [6, 6.07) is 0. The molecule has 0 aliphatic carbocycles. The summed E-state index contributed by atoms with van der Waals surface area (Å²) in [7, 11) is 1.75. The van der Waals surface area contributed by atoms with Crippen molar-refractivity contribution in [2.45, 2.75) is 37.5 Å². The number of aliphatic hydroxyl groups is 2. The van der Waals surface area contributed by atoms with Crippen LogP contribution in [0.3, 0.4) is 0 Å². The molecule has 1 fully saturated rings. The van der Waals surface area contributed by atoms with Crippen LogP contribution in [0.4, 0.5) is 0 Å². The van der Waals surface area contributed by atoms with E-state index < -0.39 is 31.4 Å². The van der Waals surface area contributed by atoms with Crippen molar-refractivity contribution in [3.63, 3.8) is 0 Å². The van der Waals surface area contributed by atoms with Crippen molar-refractivity contribution in [2.24, 2.45) is 0 Å². The molecule has 1 aromatic heterocycles. The number of ether oxygens (including phenoxy) is 1. The Labute approximate surface area is 149 Å². The Morgan fingerprint density at radius 1 is 1.46 bits per heavy atom. The van der Waals surface area contributed by atoms with E-state index in [1.165, 1.54) is 0 Å². The molecule has 1 aliphatic heterocycles. The van der Waals surface area contributed by atoms with Crippen LogP contribution in [-0.2, 0) is 11.3 Å². The molecule has 0 aromatic carbocycles. The van der Waals surface area contributed by atoms with Crippen molar-refractivity contribution in [1.82, 2.24) is 14.9 Å². The summed E-state index contributed by atoms with van der Waals surface area (Å²) < 4.78 is 7.99. The van der Waals surface area contributed by atoms with Crippen LogP contribution in [-0.4, -0.2) is 86.5 Å². The molecule has 4 atom stereocenters. The van der Waals surface area contributed by atoms with Crippen LogP contribution >= 0.6 is 6.89 Å². The van der Waals surface area contributed by atoms with E-state index in [0.29, 0.717) is 22.9 Å². The fraction of sp³-hybridized carbons (Fsp3) is 0.667. The molecule has 9 heteroatoms. The van der Waals surface area contributed by atoms with E-state index >= 15 is 0 Å². The molecule has 7 nitrogen and oxygen atoms in total. The molecular weight excluding hydrogens is 396 g/mol. The number of aromatic amines is 1. The molecule has 0 radical (unpaired) electrons. The Morgan fingerprint density at radius 2 is 2.12 bits per heavy atom. The average Bonchev–Trinajstić information content (AvgIpc) is 2.75. The van der Waals surface area contributed by atoms with Gasteiger partial charge in [0.2, 0.25) is 0 Å². The molecule has 0 saturated carbocycles. The van der Waals surface area contributed by atoms with E-state index in [1.54, 1.807) is 17.8 Å². The third-order valence-electron chi connectivity index (χ3n) is 4.04. The van der Waals surface area contributed by atoms with E-state index in [9.17, 15) is 15.0 Å². The van der Waals surface area contributed by atoms with E-state index in [1.807, 2.05) is 0 Å². The summed E-state index contributed by atoms with van der Waals surface area (Å²) in [6.07, 6.45) is 4.10. The van der Waals surface area contributed by atoms with Crippen LogP contribution < -0.4 is 10.9 Å². The molecule has 0 amide bonds. The Balaban J connectivity index is 2.26. The Bertz CT molecular complexity index is 741. The standard InChI is InChI=1S/C15H26N3O4PSe/c1-16-7-9-8-18(15(24)17-13(9)21)14-12(20)11(19)10(22-14)5-6-23(2,3)4/h8,10-12,14,16,19-20H,2,5-7H2,1,3-4H3,(H,17,21,24)/t10-,11-,12-,14-/m1/s1. The predicted octanol–water partition coefficient (Wildman–Crippen LogP) is -0.685. The number of nitrogens with zero attached hydrogens (tertiary/aromatic N) is 1. The summed E-state index contributed by atoms with van der Waals surface area (Å²) >= 11 is 2.77. The number of nitrogens with one attached hydrogen (secondary N) is 2. The van der Waals surface area contributed by atoms with Gasteiger partial charge in [0, 0.05) is 0 Å². The van der Waals surface area contributed by atoms with Gasteiger partial charge in [-0.3, -0.25) is 0 Å². The zero-order chi connectivity index (χ0) is 18.1. The third-order valence-corrected chi connectivity index (χ3v) is 6.16. The maximum absolute atomic E-state index is 11.9. The number of rotatable bonds is 6. The summed E-state index contributed by atoms with van der Waals surface area (Å²) in [4.78, 5) is 14.6. The van der Waals surface area contributed by atoms with Crippen LogP contribution in [0.5, 0.6) is 0 Å². The van der Waals surface area contributed by atoms with Gasteiger partial charge in [-0.1, -0.05) is 0 Å². The van der Waals surface area contributed by atoms with Gasteiger partial charge in [0.25, 0.3) is 0 Å². The molecule has 0 unspecified atom stereocenters. The Hall–Kier alpha value is -0.461. The predicted molar refractivity (Wildman–Crippen MR) is 98.1 cm³/mol. The van der Waals surface area contributed by atoms with E-state index in [-0.39, 0.29) is 5.56 Å². The quantitative estimate of drug-likeness (QED) is 0.360. The molecule has 0 bridgehead atoms. The summed E-state index contributed by atoms with van der Waals surface area (Å²) in [6.45, 7) is 3.42. The van der Waals surface area contributed by atoms with Crippen LogP contribution in [0.2, 0.25) is 0 Å². The van der Waals surface area contributed by atoms with Crippen LogP contribution in [0.15, 0.2) is 11.0 Å². The second-order valence-electron chi connectivity index (χ2n) is 6.85. The molecule has 1 aromatic rings. The fourth-order valence-corrected chi connectivity index (χ4v) is 4.18. The summed E-state index contributed by atoms with van der Waals surface area (Å²) in [5, 5.41) is 23.6. The van der Waals surface area contributed by atoms with Crippen molar-refractivity contribution in [3.05, 3.63) is 26.4 Å². The zero-order valence-corrected chi connectivity index (χ0v) is 16.8. The molecule has 1 aliphatic rings. The average molecular weight is 422 g/mol. The fourth-order valence-electron chi connectivity index (χ4n) is 2.71. The van der Waals surface area contributed by atoms with Gasteiger partial charge in [0.1, 0.15) is 0 Å². The zero-order valence-electron chi connectivity index (χ0n) is 14.2. The van der Waals surface area contributed by atoms with Crippen molar-refractivity contribution >= 4 is 28.8 Å². The number of aromatic nitrogens is 2. The topological polar surface area (TPSA) is 99.5 Å². The molecule has 2 heterocycles. The van der Waals surface area contributed by atoms with Gasteiger partial charge in [-0.05, 0) is 0 Å². The van der Waals surface area contributed by atoms with E-state index in [4.69, 9.17) is 4.74 Å². The van der Waals surface area contributed by atoms with Gasteiger partial charge in [-0.15, -0.1) is 0 Å². The van der Waals surface area contributed by atoms with Gasteiger partial charge in [-0.2, -0.15) is 0 Å². The molecule has 24 heavy (non-hydrogen) atoms. The van der Waals surface area contributed by atoms with Gasteiger partial charge >= 0.3 is 149 Å². The van der Waals surface area contributed by atoms with Crippen molar-refractivity contribution < 1.29 is 14.9 Å². The van der Waals surface area contributed by atoms with Gasteiger partial charge < -0.3 is 0 Å². The van der Waals surface area contributed by atoms with Crippen molar-refractivity contribution in [3.8, 4) is 0 Å². The molecule has 0 spiro atoms. The first-order valence-corrected chi connectivity index (χ1v) is 11.7. The number of hydrogen-bond donors (Lipinski definition) is 4. The molecule has 1 saturated heterocycles. The minimum absolute atomic E-state index is 0.206. The molecule has 2 rings (SSSR count). The monoisotopic (exact) mass is 423 g/mol. The van der Waals surface area contributed by atoms with Gasteiger partial charge in [0.05, 0.1) is 0 Å². The number of H-pyrrole nitrogens is 1. The normalized spacial score (nSPS) is 27.5. The summed E-state index contributed by atoms with van der Waals surface area (Å²) in [5.41, 5.74) is 0.317. The second-order valence-corrected chi connectivity index (χ2v) is 12.0. The molecule has 4 N–H and O–H groups in total. The van der Waals surface area contributed by atoms with Crippen molar-refractivity contribution in [1.29, 1.82) is 0 Å². The van der Waals surface area contributed by atoms with Crippen molar-refractivity contribution in [2.75, 3.05) is 26.5 Å². The van der Waals surface area contributed by atoms with Gasteiger partial charge in [-0.25, -0.2) is 0 Å².